The van der Waals surface area contributed by atoms with Gasteiger partial charge in [-0.3, -0.25) is 0 Å². The molecular formula is C13H16N2O2S. The molecule has 2 aromatic rings. The maximum atomic E-state index is 5.55. The van der Waals surface area contributed by atoms with E-state index in [1.54, 1.807) is 7.11 Å². The van der Waals surface area contributed by atoms with Crippen molar-refractivity contribution in [2.24, 2.45) is 0 Å². The third kappa shape index (κ3) is 1.93. The van der Waals surface area contributed by atoms with Gasteiger partial charge in [-0.15, -0.1) is 0 Å². The van der Waals surface area contributed by atoms with Gasteiger partial charge in [0, 0.05) is 12.7 Å². The lowest BCUT2D eigenvalue weighted by atomic mass is 10.1. The van der Waals surface area contributed by atoms with Crippen LogP contribution in [0, 0.1) is 4.77 Å². The van der Waals surface area contributed by atoms with Crippen LogP contribution < -0.4 is 4.74 Å². The van der Waals surface area contributed by atoms with Crippen molar-refractivity contribution in [1.29, 1.82) is 0 Å². The van der Waals surface area contributed by atoms with Gasteiger partial charge in [-0.05, 0) is 37.2 Å². The van der Waals surface area contributed by atoms with E-state index >= 15 is 0 Å². The lowest BCUT2D eigenvalue weighted by Crippen LogP contribution is -2.21. The number of imidazole rings is 1. The molecule has 1 aromatic heterocycles. The zero-order chi connectivity index (χ0) is 12.5. The van der Waals surface area contributed by atoms with Crippen molar-refractivity contribution in [2.75, 3.05) is 20.3 Å². The predicted molar refractivity (Wildman–Crippen MR) is 72.8 cm³/mol. The second kappa shape index (κ2) is 4.74. The van der Waals surface area contributed by atoms with Crippen LogP contribution in [0.4, 0.5) is 0 Å². The van der Waals surface area contributed by atoms with Gasteiger partial charge in [-0.25, -0.2) is 0 Å². The summed E-state index contributed by atoms with van der Waals surface area (Å²) in [5, 5.41) is 0. The van der Waals surface area contributed by atoms with E-state index in [4.69, 9.17) is 21.7 Å². The summed E-state index contributed by atoms with van der Waals surface area (Å²) in [7, 11) is 1.68. The third-order valence-electron chi connectivity index (χ3n) is 3.43. The van der Waals surface area contributed by atoms with E-state index < -0.39 is 0 Å². The van der Waals surface area contributed by atoms with E-state index in [0.29, 0.717) is 6.04 Å². The Bertz CT molecular complexity index is 611. The number of rotatable bonds is 2. The van der Waals surface area contributed by atoms with Gasteiger partial charge >= 0.3 is 0 Å². The molecule has 96 valence electrons. The molecule has 1 aliphatic rings. The number of fused-ring (bicyclic) bond motifs is 1. The summed E-state index contributed by atoms with van der Waals surface area (Å²) in [6.07, 6.45) is 2.20. The van der Waals surface area contributed by atoms with Crippen LogP contribution >= 0.6 is 12.2 Å². The van der Waals surface area contributed by atoms with Crippen molar-refractivity contribution in [2.45, 2.75) is 18.9 Å². The first-order chi connectivity index (χ1) is 8.79. The number of methoxy groups -OCH3 is 1. The first-order valence-electron chi connectivity index (χ1n) is 6.15. The fourth-order valence-corrected chi connectivity index (χ4v) is 2.88. The maximum absolute atomic E-state index is 5.55. The summed E-state index contributed by atoms with van der Waals surface area (Å²) in [5.74, 6) is 0.849. The van der Waals surface area contributed by atoms with E-state index in [9.17, 15) is 0 Å². The maximum Gasteiger partial charge on any atom is 0.178 e. The SMILES string of the molecule is COc1ccc2[nH]c(=S)n(C3CCCOC3)c2c1. The zero-order valence-corrected chi connectivity index (χ0v) is 11.1. The standard InChI is InChI=1S/C13H16N2O2S/c1-16-10-4-5-11-12(7-10)15(13(18)14-11)9-3-2-6-17-8-9/h4-5,7,9H,2-3,6,8H2,1H3,(H,14,18). The molecule has 1 fully saturated rings. The van der Waals surface area contributed by atoms with E-state index in [0.717, 1.165) is 47.6 Å². The molecule has 1 aromatic carbocycles. The number of hydrogen-bond acceptors (Lipinski definition) is 3. The zero-order valence-electron chi connectivity index (χ0n) is 10.3. The highest BCUT2D eigenvalue weighted by atomic mass is 32.1. The molecule has 1 unspecified atom stereocenters. The van der Waals surface area contributed by atoms with Crippen LogP contribution in [0.3, 0.4) is 0 Å². The monoisotopic (exact) mass is 264 g/mol. The molecule has 1 saturated heterocycles. The fourth-order valence-electron chi connectivity index (χ4n) is 2.52. The minimum absolute atomic E-state index is 0.326. The van der Waals surface area contributed by atoms with Crippen molar-refractivity contribution in [1.82, 2.24) is 9.55 Å². The first-order valence-corrected chi connectivity index (χ1v) is 6.56. The van der Waals surface area contributed by atoms with Crippen molar-refractivity contribution in [3.63, 3.8) is 0 Å². The van der Waals surface area contributed by atoms with Crippen LogP contribution in [0.5, 0.6) is 5.75 Å². The average molecular weight is 264 g/mol. The van der Waals surface area contributed by atoms with Crippen LogP contribution in [-0.4, -0.2) is 29.9 Å². The van der Waals surface area contributed by atoms with Crippen molar-refractivity contribution < 1.29 is 9.47 Å². The van der Waals surface area contributed by atoms with E-state index in [2.05, 4.69) is 9.55 Å². The minimum Gasteiger partial charge on any atom is -0.497 e. The van der Waals surface area contributed by atoms with Gasteiger partial charge in [0.15, 0.2) is 4.77 Å². The van der Waals surface area contributed by atoms with Crippen LogP contribution in [-0.2, 0) is 4.74 Å². The highest BCUT2D eigenvalue weighted by Gasteiger charge is 2.19. The van der Waals surface area contributed by atoms with Crippen molar-refractivity contribution >= 4 is 23.3 Å². The average Bonchev–Trinajstić information content (AvgIpc) is 2.74. The third-order valence-corrected chi connectivity index (χ3v) is 3.73. The molecule has 3 rings (SSSR count). The number of aromatic nitrogens is 2. The molecule has 18 heavy (non-hydrogen) atoms. The van der Waals surface area contributed by atoms with Gasteiger partial charge in [0.2, 0.25) is 0 Å². The molecule has 0 radical (unpaired) electrons. The predicted octanol–water partition coefficient (Wildman–Crippen LogP) is 3.06. The van der Waals surface area contributed by atoms with Crippen molar-refractivity contribution in [3.8, 4) is 5.75 Å². The lowest BCUT2D eigenvalue weighted by molar-refractivity contribution is 0.0600. The Morgan fingerprint density at radius 3 is 3.11 bits per heavy atom. The Morgan fingerprint density at radius 2 is 2.39 bits per heavy atom. The number of benzene rings is 1. The highest BCUT2D eigenvalue weighted by molar-refractivity contribution is 7.71. The molecule has 5 heteroatoms. The Morgan fingerprint density at radius 1 is 1.50 bits per heavy atom. The lowest BCUT2D eigenvalue weighted by Gasteiger charge is -2.24. The normalized spacial score (nSPS) is 20.2. The smallest absolute Gasteiger partial charge is 0.178 e. The Kier molecular flexibility index (Phi) is 3.09. The quantitative estimate of drug-likeness (QED) is 0.847. The summed E-state index contributed by atoms with van der Waals surface area (Å²) in [4.78, 5) is 3.24. The summed E-state index contributed by atoms with van der Waals surface area (Å²) in [5.41, 5.74) is 2.14. The van der Waals surface area contributed by atoms with Crippen LogP contribution in [0.25, 0.3) is 11.0 Å². The van der Waals surface area contributed by atoms with Crippen molar-refractivity contribution in [3.05, 3.63) is 23.0 Å². The van der Waals surface area contributed by atoms with E-state index in [1.807, 2.05) is 18.2 Å². The second-order valence-electron chi connectivity index (χ2n) is 4.55. The van der Waals surface area contributed by atoms with E-state index in [1.165, 1.54) is 0 Å². The molecule has 0 saturated carbocycles. The second-order valence-corrected chi connectivity index (χ2v) is 4.94. The largest absolute Gasteiger partial charge is 0.497 e. The van der Waals surface area contributed by atoms with Crippen LogP contribution in [0.2, 0.25) is 0 Å². The Hall–Kier alpha value is -1.33. The number of aromatic amines is 1. The van der Waals surface area contributed by atoms with Gasteiger partial charge in [0.25, 0.3) is 0 Å². The summed E-state index contributed by atoms with van der Waals surface area (Å²) >= 11 is 5.42. The number of H-pyrrole nitrogens is 1. The number of nitrogens with one attached hydrogen (secondary N) is 1. The van der Waals surface area contributed by atoms with Crippen LogP contribution in [0.1, 0.15) is 18.9 Å². The molecule has 2 heterocycles. The van der Waals surface area contributed by atoms with Gasteiger partial charge in [0.1, 0.15) is 5.75 Å². The van der Waals surface area contributed by atoms with Crippen LogP contribution in [0.15, 0.2) is 18.2 Å². The number of ether oxygens (including phenoxy) is 2. The Balaban J connectivity index is 2.13. The molecule has 1 atom stereocenters. The topological polar surface area (TPSA) is 39.2 Å². The fraction of sp³-hybridized carbons (Fsp3) is 0.462. The summed E-state index contributed by atoms with van der Waals surface area (Å²) < 4.78 is 13.8. The number of nitrogens with zero attached hydrogens (tertiary/aromatic N) is 1. The first kappa shape index (κ1) is 11.7. The van der Waals surface area contributed by atoms with Gasteiger partial charge in [-0.1, -0.05) is 0 Å². The number of hydrogen-bond donors (Lipinski definition) is 1. The molecule has 0 spiro atoms. The van der Waals surface area contributed by atoms with Gasteiger partial charge < -0.3 is 19.0 Å². The Labute approximate surface area is 111 Å². The van der Waals surface area contributed by atoms with Gasteiger partial charge in [0.05, 0.1) is 30.8 Å². The highest BCUT2D eigenvalue weighted by Crippen LogP contribution is 2.27. The molecular weight excluding hydrogens is 248 g/mol. The minimum atomic E-state index is 0.326. The molecule has 1 aliphatic heterocycles. The summed E-state index contributed by atoms with van der Waals surface area (Å²) in [6.45, 7) is 1.59. The molecule has 0 aliphatic carbocycles. The summed E-state index contributed by atoms with van der Waals surface area (Å²) in [6, 6.07) is 6.29. The van der Waals surface area contributed by atoms with E-state index in [-0.39, 0.29) is 0 Å². The molecule has 4 nitrogen and oxygen atoms in total. The molecule has 0 bridgehead atoms. The molecule has 1 N–H and O–H groups in total. The molecule has 0 amide bonds. The van der Waals surface area contributed by atoms with Gasteiger partial charge in [-0.2, -0.15) is 0 Å².